The van der Waals surface area contributed by atoms with Crippen LogP contribution in [0.25, 0.3) is 0 Å². The van der Waals surface area contributed by atoms with E-state index in [2.05, 4.69) is 24.1 Å². The Morgan fingerprint density at radius 2 is 1.89 bits per heavy atom. The number of hydrogen-bond acceptors (Lipinski definition) is 2. The van der Waals surface area contributed by atoms with Gasteiger partial charge in [0.2, 0.25) is 0 Å². The van der Waals surface area contributed by atoms with Crippen LogP contribution in [0.4, 0.5) is 4.39 Å². The lowest BCUT2D eigenvalue weighted by atomic mass is 9.99. The Hall–Kier alpha value is -0.770. The summed E-state index contributed by atoms with van der Waals surface area (Å²) in [4.78, 5) is 2.36. The van der Waals surface area contributed by atoms with Crippen molar-refractivity contribution >= 4 is 24.0 Å². The second-order valence-electron chi connectivity index (χ2n) is 4.97. The normalized spacial score (nSPS) is 29.1. The highest BCUT2D eigenvalue weighted by molar-refractivity contribution is 6.30. The van der Waals surface area contributed by atoms with Crippen molar-refractivity contribution < 1.29 is 9.13 Å². The van der Waals surface area contributed by atoms with Gasteiger partial charge < -0.3 is 4.74 Å². The van der Waals surface area contributed by atoms with Crippen molar-refractivity contribution in [2.45, 2.75) is 31.0 Å². The molecule has 104 valence electrons. The van der Waals surface area contributed by atoms with Crippen molar-refractivity contribution in [3.63, 3.8) is 0 Å². The van der Waals surface area contributed by atoms with E-state index < -0.39 is 5.82 Å². The molecule has 2 aliphatic rings. The van der Waals surface area contributed by atoms with Crippen molar-refractivity contribution in [2.24, 2.45) is 0 Å². The van der Waals surface area contributed by atoms with Crippen LogP contribution < -0.4 is 4.74 Å². The molecule has 1 fully saturated rings. The third kappa shape index (κ3) is 2.88. The molecule has 0 amide bonds. The molecule has 0 aromatic heterocycles. The number of halogens is 3. The fraction of sp³-hybridized carbons (Fsp3) is 0.429. The van der Waals surface area contributed by atoms with Gasteiger partial charge in [-0.1, -0.05) is 23.8 Å². The van der Waals surface area contributed by atoms with E-state index in [0.717, 1.165) is 12.8 Å². The van der Waals surface area contributed by atoms with Crippen LogP contribution in [0.2, 0.25) is 5.02 Å². The quantitative estimate of drug-likeness (QED) is 0.773. The van der Waals surface area contributed by atoms with E-state index in [4.69, 9.17) is 16.3 Å². The summed E-state index contributed by atoms with van der Waals surface area (Å²) in [6.45, 7) is 0. The molecule has 0 N–H and O–H groups in total. The first-order valence-corrected chi connectivity index (χ1v) is 6.53. The fourth-order valence-electron chi connectivity index (χ4n) is 2.74. The molecule has 2 heterocycles. The third-order valence-corrected chi connectivity index (χ3v) is 4.09. The number of likely N-dealkylation sites (N-methyl/N-ethyl adjacent to an activating group) is 1. The first-order valence-electron chi connectivity index (χ1n) is 6.15. The number of nitrogens with zero attached hydrogens (tertiary/aromatic N) is 1. The maximum atomic E-state index is 13.1. The number of piperidine rings is 1. The van der Waals surface area contributed by atoms with Gasteiger partial charge in [-0.25, -0.2) is 4.39 Å². The van der Waals surface area contributed by atoms with Gasteiger partial charge in [-0.2, -0.15) is 0 Å². The van der Waals surface area contributed by atoms with Crippen molar-refractivity contribution in [3.8, 4) is 5.75 Å². The molecule has 2 aliphatic heterocycles. The molecule has 0 unspecified atom stereocenters. The Bertz CT molecular complexity index is 478. The molecule has 3 rings (SSSR count). The summed E-state index contributed by atoms with van der Waals surface area (Å²) in [5.74, 6) is 0.240. The average molecular weight is 304 g/mol. The van der Waals surface area contributed by atoms with Crippen LogP contribution in [-0.4, -0.2) is 30.1 Å². The van der Waals surface area contributed by atoms with E-state index in [-0.39, 0.29) is 23.5 Å². The van der Waals surface area contributed by atoms with E-state index in [0.29, 0.717) is 17.8 Å². The summed E-state index contributed by atoms with van der Waals surface area (Å²) < 4.78 is 19.0. The Balaban J connectivity index is 0.00000133. The largest absolute Gasteiger partial charge is 0.490 e. The lowest BCUT2D eigenvalue weighted by Crippen LogP contribution is -2.44. The van der Waals surface area contributed by atoms with Crippen molar-refractivity contribution in [3.05, 3.63) is 41.2 Å². The minimum atomic E-state index is -0.408. The molecule has 1 aromatic rings. The van der Waals surface area contributed by atoms with E-state index in [1.54, 1.807) is 12.1 Å². The van der Waals surface area contributed by atoms with Gasteiger partial charge in [0.05, 0.1) is 5.02 Å². The molecule has 3 atom stereocenters. The molecule has 0 radical (unpaired) electrons. The monoisotopic (exact) mass is 303 g/mol. The van der Waals surface area contributed by atoms with Crippen LogP contribution in [0.3, 0.4) is 0 Å². The molecular formula is C14H16Cl2FNO. The Kier molecular flexibility index (Phi) is 4.39. The Morgan fingerprint density at radius 3 is 2.47 bits per heavy atom. The minimum absolute atomic E-state index is 0. The highest BCUT2D eigenvalue weighted by Gasteiger charge is 2.35. The van der Waals surface area contributed by atoms with Gasteiger partial charge in [-0.15, -0.1) is 12.4 Å². The molecule has 1 saturated heterocycles. The van der Waals surface area contributed by atoms with Crippen molar-refractivity contribution in [2.75, 3.05) is 7.05 Å². The van der Waals surface area contributed by atoms with Gasteiger partial charge in [-0.05, 0) is 19.2 Å². The van der Waals surface area contributed by atoms with Gasteiger partial charge in [0, 0.05) is 31.0 Å². The predicted molar refractivity (Wildman–Crippen MR) is 76.8 cm³/mol. The maximum Gasteiger partial charge on any atom is 0.142 e. The Morgan fingerprint density at radius 1 is 1.26 bits per heavy atom. The summed E-state index contributed by atoms with van der Waals surface area (Å²) in [5.41, 5.74) is 0. The SMILES string of the molecule is CN1[C@@H]2C=C[C@H]1C[C@H](Oc1ccc(F)c(Cl)c1)C2.Cl. The molecule has 5 heteroatoms. The smallest absolute Gasteiger partial charge is 0.142 e. The van der Waals surface area contributed by atoms with Crippen LogP contribution in [0.5, 0.6) is 5.75 Å². The third-order valence-electron chi connectivity index (χ3n) is 3.80. The second-order valence-corrected chi connectivity index (χ2v) is 5.38. The highest BCUT2D eigenvalue weighted by atomic mass is 35.5. The van der Waals surface area contributed by atoms with Gasteiger partial charge in [0.15, 0.2) is 0 Å². The lowest BCUT2D eigenvalue weighted by Gasteiger charge is -2.36. The van der Waals surface area contributed by atoms with E-state index >= 15 is 0 Å². The summed E-state index contributed by atoms with van der Waals surface area (Å²) in [5, 5.41) is 0.113. The first-order chi connectivity index (χ1) is 8.63. The molecule has 0 spiro atoms. The Labute approximate surface area is 123 Å². The average Bonchev–Trinajstić information content (AvgIpc) is 2.58. The van der Waals surface area contributed by atoms with Gasteiger partial charge in [-0.3, -0.25) is 4.90 Å². The summed E-state index contributed by atoms with van der Waals surface area (Å²) >= 11 is 5.75. The van der Waals surface area contributed by atoms with Gasteiger partial charge >= 0.3 is 0 Å². The van der Waals surface area contributed by atoms with Crippen molar-refractivity contribution in [1.82, 2.24) is 4.90 Å². The minimum Gasteiger partial charge on any atom is -0.490 e. The molecule has 0 saturated carbocycles. The number of fused-ring (bicyclic) bond motifs is 2. The van der Waals surface area contributed by atoms with Crippen LogP contribution in [0.15, 0.2) is 30.4 Å². The van der Waals surface area contributed by atoms with Crippen LogP contribution in [-0.2, 0) is 0 Å². The van der Waals surface area contributed by atoms with Crippen LogP contribution in [0, 0.1) is 5.82 Å². The molecule has 19 heavy (non-hydrogen) atoms. The zero-order chi connectivity index (χ0) is 12.7. The number of benzene rings is 1. The topological polar surface area (TPSA) is 12.5 Å². The maximum absolute atomic E-state index is 13.1. The van der Waals surface area contributed by atoms with Crippen molar-refractivity contribution in [1.29, 1.82) is 0 Å². The van der Waals surface area contributed by atoms with Crippen LogP contribution in [0.1, 0.15) is 12.8 Å². The standard InChI is InChI=1S/C14H15ClFNO.ClH/c1-17-9-2-3-10(17)7-12(6-9)18-11-4-5-14(16)13(15)8-11;/h2-5,8-10,12H,6-7H2,1H3;1H/t9-,10+,12-;. The second kappa shape index (κ2) is 5.70. The molecule has 2 nitrogen and oxygen atoms in total. The highest BCUT2D eigenvalue weighted by Crippen LogP contribution is 2.32. The zero-order valence-corrected chi connectivity index (χ0v) is 12.1. The number of rotatable bonds is 2. The first kappa shape index (κ1) is 14.6. The predicted octanol–water partition coefficient (Wildman–Crippen LogP) is 3.68. The van der Waals surface area contributed by atoms with E-state index in [9.17, 15) is 4.39 Å². The summed E-state index contributed by atoms with van der Waals surface area (Å²) in [6.07, 6.45) is 6.60. The van der Waals surface area contributed by atoms with E-state index in [1.807, 2.05) is 0 Å². The van der Waals surface area contributed by atoms with Gasteiger partial charge in [0.25, 0.3) is 0 Å². The van der Waals surface area contributed by atoms with Crippen LogP contribution >= 0.6 is 24.0 Å². The van der Waals surface area contributed by atoms with Gasteiger partial charge in [0.1, 0.15) is 17.7 Å². The lowest BCUT2D eigenvalue weighted by molar-refractivity contribution is 0.0751. The summed E-state index contributed by atoms with van der Waals surface area (Å²) in [6, 6.07) is 5.45. The number of hydrogen-bond donors (Lipinski definition) is 0. The molecule has 1 aromatic carbocycles. The zero-order valence-electron chi connectivity index (χ0n) is 10.6. The molecular weight excluding hydrogens is 288 g/mol. The molecule has 2 bridgehead atoms. The van der Waals surface area contributed by atoms with E-state index in [1.165, 1.54) is 6.07 Å². The fourth-order valence-corrected chi connectivity index (χ4v) is 2.91. The molecule has 0 aliphatic carbocycles. The number of ether oxygens (including phenoxy) is 1. The summed E-state index contributed by atoms with van der Waals surface area (Å²) in [7, 11) is 2.14.